The van der Waals surface area contributed by atoms with E-state index in [4.69, 9.17) is 9.57 Å². The average molecular weight is 399 g/mol. The SMILES string of the molecule is O=C(Nc1ccc(-c2ccccc2F)cc1[N+](=O)[O-])C1=CC2(CCOCC2)ON1. The van der Waals surface area contributed by atoms with E-state index in [9.17, 15) is 19.3 Å². The number of hydrogen-bond acceptors (Lipinski definition) is 6. The van der Waals surface area contributed by atoms with Crippen LogP contribution in [-0.4, -0.2) is 29.6 Å². The lowest BCUT2D eigenvalue weighted by Gasteiger charge is -2.29. The minimum atomic E-state index is -0.618. The zero-order chi connectivity index (χ0) is 20.4. The molecule has 2 aromatic carbocycles. The van der Waals surface area contributed by atoms with Gasteiger partial charge >= 0.3 is 0 Å². The van der Waals surface area contributed by atoms with Gasteiger partial charge in [-0.25, -0.2) is 4.39 Å². The van der Waals surface area contributed by atoms with Crippen molar-refractivity contribution < 1.29 is 23.7 Å². The predicted octanol–water partition coefficient (Wildman–Crippen LogP) is 3.31. The van der Waals surface area contributed by atoms with Crippen LogP contribution in [-0.2, 0) is 14.4 Å². The molecule has 9 heteroatoms. The van der Waals surface area contributed by atoms with E-state index in [1.54, 1.807) is 12.1 Å². The molecule has 0 bridgehead atoms. The van der Waals surface area contributed by atoms with Crippen LogP contribution >= 0.6 is 0 Å². The normalized spacial score (nSPS) is 17.5. The third-order valence-corrected chi connectivity index (χ3v) is 4.98. The van der Waals surface area contributed by atoms with Gasteiger partial charge in [0.2, 0.25) is 0 Å². The first-order valence-electron chi connectivity index (χ1n) is 9.07. The lowest BCUT2D eigenvalue weighted by Crippen LogP contribution is -2.36. The van der Waals surface area contributed by atoms with E-state index in [0.717, 1.165) is 0 Å². The number of ether oxygens (including phenoxy) is 1. The summed E-state index contributed by atoms with van der Waals surface area (Å²) < 4.78 is 19.3. The van der Waals surface area contributed by atoms with Crippen molar-refractivity contribution in [2.75, 3.05) is 18.5 Å². The molecule has 4 rings (SSSR count). The fourth-order valence-electron chi connectivity index (χ4n) is 3.39. The molecule has 0 aliphatic carbocycles. The lowest BCUT2D eigenvalue weighted by atomic mass is 9.94. The Morgan fingerprint density at radius 2 is 1.97 bits per heavy atom. The van der Waals surface area contributed by atoms with Crippen molar-refractivity contribution in [2.24, 2.45) is 0 Å². The third kappa shape index (κ3) is 3.82. The van der Waals surface area contributed by atoms with Crippen LogP contribution in [0.4, 0.5) is 15.8 Å². The standard InChI is InChI=1S/C20H18FN3O5/c21-15-4-2-1-3-14(15)13-5-6-16(18(11-13)24(26)27)22-19(25)17-12-20(29-23-17)7-9-28-10-8-20/h1-6,11-12,23H,7-10H2,(H,22,25). The van der Waals surface area contributed by atoms with Crippen molar-refractivity contribution in [2.45, 2.75) is 18.4 Å². The first-order chi connectivity index (χ1) is 14.0. The maximum Gasteiger partial charge on any atom is 0.293 e. The van der Waals surface area contributed by atoms with Crippen molar-refractivity contribution in [3.05, 3.63) is 70.2 Å². The van der Waals surface area contributed by atoms with Gasteiger partial charge in [-0.1, -0.05) is 24.3 Å². The molecule has 29 heavy (non-hydrogen) atoms. The van der Waals surface area contributed by atoms with Crippen molar-refractivity contribution in [1.82, 2.24) is 5.48 Å². The number of hydroxylamine groups is 1. The number of halogens is 1. The smallest absolute Gasteiger partial charge is 0.293 e. The molecule has 0 atom stereocenters. The fourth-order valence-corrected chi connectivity index (χ4v) is 3.39. The second-order valence-corrected chi connectivity index (χ2v) is 6.86. The van der Waals surface area contributed by atoms with Gasteiger partial charge in [0.15, 0.2) is 0 Å². The van der Waals surface area contributed by atoms with E-state index in [1.165, 1.54) is 36.4 Å². The minimum Gasteiger partial charge on any atom is -0.381 e. The minimum absolute atomic E-state index is 0.00992. The number of carbonyl (C=O) groups is 1. The van der Waals surface area contributed by atoms with Gasteiger partial charge in [-0.15, -0.1) is 0 Å². The molecule has 2 aliphatic heterocycles. The highest BCUT2D eigenvalue weighted by atomic mass is 19.1. The Bertz CT molecular complexity index is 1000. The highest BCUT2D eigenvalue weighted by Crippen LogP contribution is 2.34. The van der Waals surface area contributed by atoms with Crippen LogP contribution in [0, 0.1) is 15.9 Å². The van der Waals surface area contributed by atoms with E-state index in [0.29, 0.717) is 31.6 Å². The molecule has 8 nitrogen and oxygen atoms in total. The zero-order valence-electron chi connectivity index (χ0n) is 15.3. The second-order valence-electron chi connectivity index (χ2n) is 6.86. The number of hydrogen-bond donors (Lipinski definition) is 2. The summed E-state index contributed by atoms with van der Waals surface area (Å²) in [4.78, 5) is 29.1. The molecule has 1 fully saturated rings. The summed E-state index contributed by atoms with van der Waals surface area (Å²) in [7, 11) is 0. The van der Waals surface area contributed by atoms with E-state index < -0.39 is 22.2 Å². The lowest BCUT2D eigenvalue weighted by molar-refractivity contribution is -0.383. The summed E-state index contributed by atoms with van der Waals surface area (Å²) in [6.45, 7) is 1.05. The first-order valence-corrected chi connectivity index (χ1v) is 9.07. The summed E-state index contributed by atoms with van der Waals surface area (Å²) in [5.74, 6) is -1.05. The Morgan fingerprint density at radius 3 is 2.69 bits per heavy atom. The molecule has 2 heterocycles. The van der Waals surface area contributed by atoms with Crippen molar-refractivity contribution >= 4 is 17.3 Å². The molecular formula is C20H18FN3O5. The fraction of sp³-hybridized carbons (Fsp3) is 0.250. The van der Waals surface area contributed by atoms with Gasteiger partial charge in [-0.2, -0.15) is 0 Å². The predicted molar refractivity (Wildman–Crippen MR) is 102 cm³/mol. The summed E-state index contributed by atoms with van der Waals surface area (Å²) in [5, 5.41) is 14.1. The number of rotatable bonds is 4. The first kappa shape index (κ1) is 19.0. The van der Waals surface area contributed by atoms with Crippen LogP contribution in [0.1, 0.15) is 12.8 Å². The van der Waals surface area contributed by atoms with E-state index in [1.807, 2.05) is 0 Å². The number of benzene rings is 2. The van der Waals surface area contributed by atoms with Crippen molar-refractivity contribution in [1.29, 1.82) is 0 Å². The number of nitro benzene ring substituents is 1. The molecule has 1 spiro atoms. The Kier molecular flexibility index (Phi) is 4.99. The number of carbonyl (C=O) groups excluding carboxylic acids is 1. The molecule has 1 saturated heterocycles. The van der Waals surface area contributed by atoms with Gasteiger partial charge in [-0.05, 0) is 23.8 Å². The van der Waals surface area contributed by atoms with Gasteiger partial charge in [0.1, 0.15) is 22.8 Å². The molecular weight excluding hydrogens is 381 g/mol. The van der Waals surface area contributed by atoms with Gasteiger partial charge < -0.3 is 10.1 Å². The monoisotopic (exact) mass is 399 g/mol. The molecule has 0 radical (unpaired) electrons. The van der Waals surface area contributed by atoms with Crippen LogP contribution in [0.2, 0.25) is 0 Å². The summed E-state index contributed by atoms with van der Waals surface area (Å²) in [5.41, 5.74) is 2.44. The largest absolute Gasteiger partial charge is 0.381 e. The van der Waals surface area contributed by atoms with E-state index in [-0.39, 0.29) is 22.6 Å². The Hall–Kier alpha value is -3.30. The van der Waals surface area contributed by atoms with Gasteiger partial charge in [-0.3, -0.25) is 25.2 Å². The van der Waals surface area contributed by atoms with Crippen LogP contribution in [0.5, 0.6) is 0 Å². The van der Waals surface area contributed by atoms with Gasteiger partial charge in [0, 0.05) is 37.7 Å². The highest BCUT2D eigenvalue weighted by molar-refractivity contribution is 6.05. The third-order valence-electron chi connectivity index (χ3n) is 4.98. The highest BCUT2D eigenvalue weighted by Gasteiger charge is 2.38. The van der Waals surface area contributed by atoms with Crippen LogP contribution < -0.4 is 10.8 Å². The van der Waals surface area contributed by atoms with Crippen molar-refractivity contribution in [3.63, 3.8) is 0 Å². The Labute approximate surface area is 165 Å². The second kappa shape index (κ2) is 7.61. The number of amides is 1. The molecule has 2 N–H and O–H groups in total. The van der Waals surface area contributed by atoms with Gasteiger partial charge in [0.05, 0.1) is 4.92 Å². The molecule has 0 aromatic heterocycles. The van der Waals surface area contributed by atoms with E-state index >= 15 is 0 Å². The van der Waals surface area contributed by atoms with Crippen molar-refractivity contribution in [3.8, 4) is 11.1 Å². The van der Waals surface area contributed by atoms with Gasteiger partial charge in [0.25, 0.3) is 11.6 Å². The number of nitro groups is 1. The zero-order valence-corrected chi connectivity index (χ0v) is 15.3. The number of anilines is 1. The van der Waals surface area contributed by atoms with Crippen LogP contribution in [0.15, 0.2) is 54.2 Å². The average Bonchev–Trinajstić information content (AvgIpc) is 3.12. The summed E-state index contributed by atoms with van der Waals surface area (Å²) >= 11 is 0. The molecule has 0 unspecified atom stereocenters. The molecule has 0 saturated carbocycles. The maximum atomic E-state index is 14.0. The molecule has 150 valence electrons. The summed E-state index contributed by atoms with van der Waals surface area (Å²) in [6, 6.07) is 10.1. The number of nitrogens with zero attached hydrogens (tertiary/aromatic N) is 1. The topological polar surface area (TPSA) is 103 Å². The van der Waals surface area contributed by atoms with Crippen LogP contribution in [0.25, 0.3) is 11.1 Å². The molecule has 2 aliphatic rings. The molecule has 2 aromatic rings. The van der Waals surface area contributed by atoms with E-state index in [2.05, 4.69) is 10.8 Å². The maximum absolute atomic E-state index is 14.0. The Balaban J connectivity index is 1.59. The van der Waals surface area contributed by atoms with Crippen LogP contribution in [0.3, 0.4) is 0 Å². The Morgan fingerprint density at radius 1 is 1.21 bits per heavy atom. The number of nitrogens with one attached hydrogen (secondary N) is 2. The quantitative estimate of drug-likeness (QED) is 0.604. The summed E-state index contributed by atoms with van der Waals surface area (Å²) in [6.07, 6.45) is 2.90. The molecule has 1 amide bonds.